The summed E-state index contributed by atoms with van der Waals surface area (Å²) >= 11 is 1.45. The van der Waals surface area contributed by atoms with E-state index in [0.29, 0.717) is 0 Å². The van der Waals surface area contributed by atoms with Gasteiger partial charge in [0.1, 0.15) is 5.82 Å². The van der Waals surface area contributed by atoms with Crippen LogP contribution in [0, 0.1) is 5.82 Å². The Morgan fingerprint density at radius 1 is 1.27 bits per heavy atom. The summed E-state index contributed by atoms with van der Waals surface area (Å²) in [6.07, 6.45) is -0.783. The van der Waals surface area contributed by atoms with Gasteiger partial charge in [-0.3, -0.25) is 9.59 Å². The van der Waals surface area contributed by atoms with Gasteiger partial charge in [-0.1, -0.05) is 6.07 Å². The quantitative estimate of drug-likeness (QED) is 0.753. The molecule has 116 valence electrons. The molecular weight excluding hydrogens is 307 g/mol. The number of aliphatic hydroxyl groups is 1. The number of halogens is 1. The highest BCUT2D eigenvalue weighted by atomic mass is 32.1. The zero-order chi connectivity index (χ0) is 15.9. The van der Waals surface area contributed by atoms with Crippen LogP contribution in [0.4, 0.5) is 4.39 Å². The van der Waals surface area contributed by atoms with Gasteiger partial charge in [-0.2, -0.15) is 11.3 Å². The zero-order valence-corrected chi connectivity index (χ0v) is 12.4. The Morgan fingerprint density at radius 2 is 2.09 bits per heavy atom. The van der Waals surface area contributed by atoms with E-state index < -0.39 is 23.7 Å². The van der Waals surface area contributed by atoms with E-state index in [2.05, 4.69) is 10.6 Å². The van der Waals surface area contributed by atoms with Crippen LogP contribution in [0.1, 0.15) is 22.0 Å². The number of carbonyl (C=O) groups excluding carboxylic acids is 2. The van der Waals surface area contributed by atoms with Gasteiger partial charge in [0.15, 0.2) is 0 Å². The fourth-order valence-corrected chi connectivity index (χ4v) is 2.45. The van der Waals surface area contributed by atoms with E-state index in [0.717, 1.165) is 11.6 Å². The van der Waals surface area contributed by atoms with E-state index >= 15 is 0 Å². The molecular formula is C15H15FN2O3S. The van der Waals surface area contributed by atoms with Crippen molar-refractivity contribution in [2.24, 2.45) is 0 Å². The molecule has 3 N–H and O–H groups in total. The first-order valence-electron chi connectivity index (χ1n) is 6.57. The normalized spacial score (nSPS) is 11.7. The third-order valence-corrected chi connectivity index (χ3v) is 3.62. The molecule has 0 bridgehead atoms. The highest BCUT2D eigenvalue weighted by Gasteiger charge is 2.11. The van der Waals surface area contributed by atoms with Crippen molar-refractivity contribution < 1.29 is 19.1 Å². The van der Waals surface area contributed by atoms with Gasteiger partial charge < -0.3 is 15.7 Å². The Bertz CT molecular complexity index is 646. The number of thiophene rings is 1. The van der Waals surface area contributed by atoms with Crippen molar-refractivity contribution in [2.75, 3.05) is 13.1 Å². The minimum atomic E-state index is -0.783. The zero-order valence-electron chi connectivity index (χ0n) is 11.6. The molecule has 0 saturated heterocycles. The van der Waals surface area contributed by atoms with Crippen molar-refractivity contribution in [1.82, 2.24) is 10.6 Å². The van der Waals surface area contributed by atoms with Gasteiger partial charge in [0.25, 0.3) is 5.91 Å². The number of benzene rings is 1. The molecule has 2 amide bonds. The Hall–Kier alpha value is -2.25. The standard InChI is InChI=1S/C15H15FN2O3S/c16-12-3-1-2-10(6-12)15(21)18-8-14(20)17-7-13(19)11-4-5-22-9-11/h1-6,9,13,19H,7-8H2,(H,17,20)(H,18,21). The van der Waals surface area contributed by atoms with E-state index in [4.69, 9.17) is 0 Å². The molecule has 5 nitrogen and oxygen atoms in total. The molecule has 0 aliphatic heterocycles. The van der Waals surface area contributed by atoms with Gasteiger partial charge in [-0.05, 0) is 40.6 Å². The van der Waals surface area contributed by atoms with Gasteiger partial charge in [0, 0.05) is 12.1 Å². The molecule has 1 atom stereocenters. The summed E-state index contributed by atoms with van der Waals surface area (Å²) in [5.41, 5.74) is 0.875. The van der Waals surface area contributed by atoms with Crippen LogP contribution < -0.4 is 10.6 Å². The average molecular weight is 322 g/mol. The molecule has 0 aliphatic rings. The Labute approximate surface area is 130 Å². The van der Waals surface area contributed by atoms with Crippen LogP contribution in [0.25, 0.3) is 0 Å². The second kappa shape index (κ2) is 7.67. The maximum absolute atomic E-state index is 13.0. The van der Waals surface area contributed by atoms with Crippen molar-refractivity contribution in [1.29, 1.82) is 0 Å². The molecule has 1 unspecified atom stereocenters. The molecule has 7 heteroatoms. The first-order valence-corrected chi connectivity index (χ1v) is 7.51. The lowest BCUT2D eigenvalue weighted by Gasteiger charge is -2.11. The first kappa shape index (κ1) is 16.1. The summed E-state index contributed by atoms with van der Waals surface area (Å²) in [6, 6.07) is 6.97. The summed E-state index contributed by atoms with van der Waals surface area (Å²) in [6.45, 7) is -0.183. The lowest BCUT2D eigenvalue weighted by molar-refractivity contribution is -0.120. The second-order valence-corrected chi connectivity index (χ2v) is 5.35. The fraction of sp³-hybridized carbons (Fsp3) is 0.200. The van der Waals surface area contributed by atoms with Crippen LogP contribution in [0.3, 0.4) is 0 Å². The smallest absolute Gasteiger partial charge is 0.251 e. The largest absolute Gasteiger partial charge is 0.387 e. The maximum Gasteiger partial charge on any atom is 0.251 e. The molecule has 0 spiro atoms. The van der Waals surface area contributed by atoms with Crippen molar-refractivity contribution in [3.8, 4) is 0 Å². The summed E-state index contributed by atoms with van der Waals surface area (Å²) in [5.74, 6) is -1.48. The third-order valence-electron chi connectivity index (χ3n) is 2.92. The maximum atomic E-state index is 13.0. The topological polar surface area (TPSA) is 78.4 Å². The molecule has 22 heavy (non-hydrogen) atoms. The Balaban J connectivity index is 1.74. The van der Waals surface area contributed by atoms with Crippen LogP contribution in [0.15, 0.2) is 41.1 Å². The van der Waals surface area contributed by atoms with E-state index in [9.17, 15) is 19.1 Å². The summed E-state index contributed by atoms with van der Waals surface area (Å²) in [4.78, 5) is 23.3. The Kier molecular flexibility index (Phi) is 5.62. The lowest BCUT2D eigenvalue weighted by atomic mass is 10.2. The van der Waals surface area contributed by atoms with E-state index in [1.54, 1.807) is 11.4 Å². The molecule has 0 saturated carbocycles. The van der Waals surface area contributed by atoms with Crippen molar-refractivity contribution in [2.45, 2.75) is 6.10 Å². The predicted octanol–water partition coefficient (Wildman–Crippen LogP) is 1.47. The molecule has 0 aliphatic carbocycles. The van der Waals surface area contributed by atoms with Gasteiger partial charge >= 0.3 is 0 Å². The minimum Gasteiger partial charge on any atom is -0.387 e. The van der Waals surface area contributed by atoms with Gasteiger partial charge in [-0.15, -0.1) is 0 Å². The van der Waals surface area contributed by atoms with Crippen LogP contribution in [0.2, 0.25) is 0 Å². The van der Waals surface area contributed by atoms with Crippen molar-refractivity contribution in [3.05, 3.63) is 58.0 Å². The molecule has 1 aromatic heterocycles. The van der Waals surface area contributed by atoms with Crippen LogP contribution in [-0.4, -0.2) is 30.0 Å². The number of aliphatic hydroxyl groups excluding tert-OH is 1. The summed E-state index contributed by atoms with van der Waals surface area (Å²) in [5, 5.41) is 18.3. The van der Waals surface area contributed by atoms with Crippen molar-refractivity contribution >= 4 is 23.2 Å². The predicted molar refractivity (Wildman–Crippen MR) is 81.0 cm³/mol. The van der Waals surface area contributed by atoms with Gasteiger partial charge in [0.2, 0.25) is 5.91 Å². The second-order valence-electron chi connectivity index (χ2n) is 4.57. The number of amides is 2. The van der Waals surface area contributed by atoms with E-state index in [1.165, 1.54) is 29.5 Å². The average Bonchev–Trinajstić information content (AvgIpc) is 3.04. The van der Waals surface area contributed by atoms with Crippen LogP contribution >= 0.6 is 11.3 Å². The Morgan fingerprint density at radius 3 is 2.77 bits per heavy atom. The van der Waals surface area contributed by atoms with E-state index in [-0.39, 0.29) is 18.7 Å². The molecule has 2 rings (SSSR count). The monoisotopic (exact) mass is 322 g/mol. The molecule has 1 heterocycles. The van der Waals surface area contributed by atoms with Crippen LogP contribution in [-0.2, 0) is 4.79 Å². The lowest BCUT2D eigenvalue weighted by Crippen LogP contribution is -2.38. The molecule has 0 fully saturated rings. The highest BCUT2D eigenvalue weighted by Crippen LogP contribution is 2.14. The fourth-order valence-electron chi connectivity index (χ4n) is 1.75. The number of nitrogens with one attached hydrogen (secondary N) is 2. The van der Waals surface area contributed by atoms with Gasteiger partial charge in [-0.25, -0.2) is 4.39 Å². The molecule has 1 aromatic carbocycles. The number of hydrogen-bond acceptors (Lipinski definition) is 4. The highest BCUT2D eigenvalue weighted by molar-refractivity contribution is 7.07. The minimum absolute atomic E-state index is 0.0609. The van der Waals surface area contributed by atoms with Crippen molar-refractivity contribution in [3.63, 3.8) is 0 Å². The number of rotatable bonds is 6. The third kappa shape index (κ3) is 4.64. The molecule has 0 radical (unpaired) electrons. The number of hydrogen-bond donors (Lipinski definition) is 3. The SMILES string of the molecule is O=C(CNC(=O)c1cccc(F)c1)NCC(O)c1ccsc1. The summed E-state index contributed by atoms with van der Waals surface area (Å²) < 4.78 is 13.0. The van der Waals surface area contributed by atoms with Crippen LogP contribution in [0.5, 0.6) is 0 Å². The molecule has 2 aromatic rings. The number of carbonyl (C=O) groups is 2. The summed E-state index contributed by atoms with van der Waals surface area (Å²) in [7, 11) is 0. The van der Waals surface area contributed by atoms with E-state index in [1.807, 2.05) is 5.38 Å². The van der Waals surface area contributed by atoms with Gasteiger partial charge in [0.05, 0.1) is 12.6 Å². The first-order chi connectivity index (χ1) is 10.6.